The molecule has 164 valence electrons. The van der Waals surface area contributed by atoms with Crippen molar-refractivity contribution in [2.24, 2.45) is 0 Å². The molecule has 2 aromatic heterocycles. The number of oxazole rings is 1. The minimum absolute atomic E-state index is 0.0514. The van der Waals surface area contributed by atoms with Crippen molar-refractivity contribution in [1.29, 1.82) is 0 Å². The van der Waals surface area contributed by atoms with E-state index in [1.54, 1.807) is 19.2 Å². The number of carbonyl (C=O) groups is 1. The molecule has 0 bridgehead atoms. The first-order valence-electron chi connectivity index (χ1n) is 9.77. The van der Waals surface area contributed by atoms with Crippen LogP contribution in [-0.4, -0.2) is 33.0 Å². The van der Waals surface area contributed by atoms with Crippen molar-refractivity contribution in [3.05, 3.63) is 76.3 Å². The Balaban J connectivity index is 1.45. The van der Waals surface area contributed by atoms with E-state index >= 15 is 0 Å². The molecule has 9 nitrogen and oxygen atoms in total. The number of halogens is 1. The van der Waals surface area contributed by atoms with Gasteiger partial charge in [0.15, 0.2) is 11.5 Å². The van der Waals surface area contributed by atoms with Gasteiger partial charge in [-0.2, -0.15) is 0 Å². The third-order valence-corrected chi connectivity index (χ3v) is 5.14. The van der Waals surface area contributed by atoms with Crippen molar-refractivity contribution in [3.63, 3.8) is 0 Å². The van der Waals surface area contributed by atoms with Crippen molar-refractivity contribution in [1.82, 2.24) is 25.3 Å². The molecule has 32 heavy (non-hydrogen) atoms. The summed E-state index contributed by atoms with van der Waals surface area (Å²) in [5.74, 6) is 1.57. The van der Waals surface area contributed by atoms with Crippen molar-refractivity contribution >= 4 is 23.3 Å². The van der Waals surface area contributed by atoms with Crippen LogP contribution in [-0.2, 0) is 13.1 Å². The van der Waals surface area contributed by atoms with E-state index in [0.717, 1.165) is 16.9 Å². The van der Waals surface area contributed by atoms with Gasteiger partial charge in [0, 0.05) is 17.1 Å². The summed E-state index contributed by atoms with van der Waals surface area (Å²) in [7, 11) is 1.61. The lowest BCUT2D eigenvalue weighted by Gasteiger charge is -2.05. The molecule has 4 aromatic rings. The summed E-state index contributed by atoms with van der Waals surface area (Å²) in [5, 5.41) is 11.4. The number of rotatable bonds is 7. The molecule has 1 amide bonds. The number of nitrogens with two attached hydrogens (primary N) is 1. The van der Waals surface area contributed by atoms with Crippen molar-refractivity contribution in [2.45, 2.75) is 20.0 Å². The molecule has 0 aliphatic rings. The summed E-state index contributed by atoms with van der Waals surface area (Å²) in [6.07, 6.45) is 0. The van der Waals surface area contributed by atoms with Gasteiger partial charge in [-0.25, -0.2) is 9.67 Å². The highest BCUT2D eigenvalue weighted by atomic mass is 35.5. The van der Waals surface area contributed by atoms with Crippen LogP contribution in [0.25, 0.3) is 11.5 Å². The van der Waals surface area contributed by atoms with E-state index in [1.807, 2.05) is 43.3 Å². The smallest absolute Gasteiger partial charge is 0.275 e. The molecule has 10 heteroatoms. The lowest BCUT2D eigenvalue weighted by atomic mass is 10.2. The first-order chi connectivity index (χ1) is 15.4. The number of hydrogen-bond acceptors (Lipinski definition) is 7. The van der Waals surface area contributed by atoms with Gasteiger partial charge in [-0.05, 0) is 48.9 Å². The van der Waals surface area contributed by atoms with E-state index in [2.05, 4.69) is 20.6 Å². The van der Waals surface area contributed by atoms with Crippen LogP contribution in [0.4, 0.5) is 5.82 Å². The van der Waals surface area contributed by atoms with E-state index in [9.17, 15) is 4.79 Å². The molecule has 0 spiro atoms. The minimum Gasteiger partial charge on any atom is -0.497 e. The molecule has 0 radical (unpaired) electrons. The Labute approximate surface area is 189 Å². The second-order valence-electron chi connectivity index (χ2n) is 7.04. The van der Waals surface area contributed by atoms with Crippen LogP contribution in [0.15, 0.2) is 52.9 Å². The topological polar surface area (TPSA) is 121 Å². The Kier molecular flexibility index (Phi) is 6.09. The zero-order chi connectivity index (χ0) is 22.7. The highest BCUT2D eigenvalue weighted by molar-refractivity contribution is 6.30. The first kappa shape index (κ1) is 21.4. The number of hydrogen-bond donors (Lipinski definition) is 2. The van der Waals surface area contributed by atoms with Crippen molar-refractivity contribution in [2.75, 3.05) is 12.8 Å². The molecular weight excluding hydrogens is 432 g/mol. The van der Waals surface area contributed by atoms with Gasteiger partial charge in [0.25, 0.3) is 5.91 Å². The molecule has 0 unspecified atom stereocenters. The normalized spacial score (nSPS) is 10.8. The summed E-state index contributed by atoms with van der Waals surface area (Å²) in [6.45, 7) is 2.34. The van der Waals surface area contributed by atoms with Gasteiger partial charge >= 0.3 is 0 Å². The number of methoxy groups -OCH3 is 1. The number of nitrogens with zero attached hydrogens (tertiary/aromatic N) is 4. The standard InChI is InChI=1S/C22H21ClN6O3/c1-13-18(26-22(32-13)15-5-9-17(31-2)10-6-15)12-29-20(24)19(27-28-29)21(30)25-11-14-3-7-16(23)8-4-14/h3-10H,11-12,24H2,1-2H3,(H,25,30). The van der Waals surface area contributed by atoms with Crippen LogP contribution in [0.1, 0.15) is 27.5 Å². The van der Waals surface area contributed by atoms with Gasteiger partial charge in [0.2, 0.25) is 5.89 Å². The average molecular weight is 453 g/mol. The first-order valence-corrected chi connectivity index (χ1v) is 10.1. The van der Waals surface area contributed by atoms with Crippen LogP contribution in [0.2, 0.25) is 5.02 Å². The second kappa shape index (κ2) is 9.11. The molecule has 2 heterocycles. The van der Waals surface area contributed by atoms with E-state index < -0.39 is 5.91 Å². The monoisotopic (exact) mass is 452 g/mol. The Morgan fingerprint density at radius 3 is 2.59 bits per heavy atom. The summed E-state index contributed by atoms with van der Waals surface area (Å²) in [5.41, 5.74) is 8.53. The number of aromatic nitrogens is 4. The molecule has 0 saturated heterocycles. The third-order valence-electron chi connectivity index (χ3n) is 4.88. The number of aryl methyl sites for hydroxylation is 1. The highest BCUT2D eigenvalue weighted by Gasteiger charge is 2.20. The quantitative estimate of drug-likeness (QED) is 0.440. The fourth-order valence-electron chi connectivity index (χ4n) is 3.04. The van der Waals surface area contributed by atoms with Gasteiger partial charge in [0.05, 0.1) is 13.7 Å². The van der Waals surface area contributed by atoms with Gasteiger partial charge in [-0.3, -0.25) is 4.79 Å². The van der Waals surface area contributed by atoms with Gasteiger partial charge in [-0.1, -0.05) is 28.9 Å². The van der Waals surface area contributed by atoms with E-state index in [1.165, 1.54) is 4.68 Å². The molecule has 3 N–H and O–H groups in total. The molecule has 0 atom stereocenters. The Bertz CT molecular complexity index is 1230. The maximum Gasteiger partial charge on any atom is 0.275 e. The van der Waals surface area contributed by atoms with Gasteiger partial charge in [-0.15, -0.1) is 5.10 Å². The highest BCUT2D eigenvalue weighted by Crippen LogP contribution is 2.25. The summed E-state index contributed by atoms with van der Waals surface area (Å²) in [4.78, 5) is 17.0. The van der Waals surface area contributed by atoms with Crippen molar-refractivity contribution < 1.29 is 13.9 Å². The zero-order valence-corrected chi connectivity index (χ0v) is 18.3. The maximum absolute atomic E-state index is 12.5. The fourth-order valence-corrected chi connectivity index (χ4v) is 3.17. The molecular formula is C22H21ClN6O3. The van der Waals surface area contributed by atoms with Crippen LogP contribution in [0.5, 0.6) is 5.75 Å². The number of benzene rings is 2. The van der Waals surface area contributed by atoms with E-state index in [0.29, 0.717) is 28.9 Å². The number of carbonyl (C=O) groups excluding carboxylic acids is 1. The Morgan fingerprint density at radius 2 is 1.91 bits per heavy atom. The summed E-state index contributed by atoms with van der Waals surface area (Å²) >= 11 is 5.88. The lowest BCUT2D eigenvalue weighted by Crippen LogP contribution is -2.24. The summed E-state index contributed by atoms with van der Waals surface area (Å²) < 4.78 is 12.4. The number of amides is 1. The molecule has 4 rings (SSSR count). The van der Waals surface area contributed by atoms with Crippen LogP contribution >= 0.6 is 11.6 Å². The van der Waals surface area contributed by atoms with Crippen LogP contribution in [0, 0.1) is 6.92 Å². The Hall–Kier alpha value is -3.85. The predicted molar refractivity (Wildman–Crippen MR) is 119 cm³/mol. The number of anilines is 1. The fraction of sp³-hybridized carbons (Fsp3) is 0.182. The minimum atomic E-state index is -0.417. The molecule has 0 aliphatic heterocycles. The number of ether oxygens (including phenoxy) is 1. The SMILES string of the molecule is COc1ccc(-c2nc(Cn3nnc(C(=O)NCc4ccc(Cl)cc4)c3N)c(C)o2)cc1. The summed E-state index contributed by atoms with van der Waals surface area (Å²) in [6, 6.07) is 14.6. The molecule has 0 fully saturated rings. The number of nitrogen functional groups attached to an aromatic ring is 1. The number of nitrogens with one attached hydrogen (secondary N) is 1. The zero-order valence-electron chi connectivity index (χ0n) is 17.5. The molecule has 0 saturated carbocycles. The van der Waals surface area contributed by atoms with Crippen LogP contribution in [0.3, 0.4) is 0 Å². The second-order valence-corrected chi connectivity index (χ2v) is 7.48. The van der Waals surface area contributed by atoms with Crippen LogP contribution < -0.4 is 15.8 Å². The molecule has 0 aliphatic carbocycles. The Morgan fingerprint density at radius 1 is 1.19 bits per heavy atom. The predicted octanol–water partition coefficient (Wildman–Crippen LogP) is 3.46. The van der Waals surface area contributed by atoms with Gasteiger partial charge < -0.3 is 20.2 Å². The van der Waals surface area contributed by atoms with Gasteiger partial charge in [0.1, 0.15) is 17.2 Å². The van der Waals surface area contributed by atoms with E-state index in [4.69, 9.17) is 26.5 Å². The third kappa shape index (κ3) is 4.57. The lowest BCUT2D eigenvalue weighted by molar-refractivity contribution is 0.0946. The largest absolute Gasteiger partial charge is 0.497 e. The maximum atomic E-state index is 12.5. The molecule has 2 aromatic carbocycles. The van der Waals surface area contributed by atoms with Crippen molar-refractivity contribution in [3.8, 4) is 17.2 Å². The van der Waals surface area contributed by atoms with E-state index in [-0.39, 0.29) is 18.1 Å². The average Bonchev–Trinajstić information content (AvgIpc) is 3.36.